The summed E-state index contributed by atoms with van der Waals surface area (Å²) in [4.78, 5) is 22.7. The molecule has 1 heterocycles. The van der Waals surface area contributed by atoms with Gasteiger partial charge in [-0.3, -0.25) is 19.4 Å². The fourth-order valence-electron chi connectivity index (χ4n) is 1.11. The van der Waals surface area contributed by atoms with Crippen molar-refractivity contribution in [1.82, 2.24) is 15.1 Å². The molecule has 0 unspecified atom stereocenters. The molecule has 5 heteroatoms. The molecule has 1 amide bonds. The van der Waals surface area contributed by atoms with E-state index < -0.39 is 11.5 Å². The lowest BCUT2D eigenvalue weighted by Gasteiger charge is -1.99. The molecule has 0 aliphatic rings. The highest BCUT2D eigenvalue weighted by Crippen LogP contribution is 1.99. The Morgan fingerprint density at radius 1 is 1.53 bits per heavy atom. The maximum atomic E-state index is 11.4. The van der Waals surface area contributed by atoms with Crippen molar-refractivity contribution in [2.45, 2.75) is 27.2 Å². The molecule has 2 N–H and O–H groups in total. The van der Waals surface area contributed by atoms with Crippen LogP contribution in [0.4, 0.5) is 0 Å². The number of carbonyl (C=O) groups excluding carboxylic acids is 1. The number of carbonyl (C=O) groups is 1. The van der Waals surface area contributed by atoms with E-state index >= 15 is 0 Å². The van der Waals surface area contributed by atoms with E-state index in [9.17, 15) is 9.59 Å². The highest BCUT2D eigenvalue weighted by molar-refractivity contribution is 5.95. The van der Waals surface area contributed by atoms with Crippen molar-refractivity contribution in [1.29, 1.82) is 0 Å². The molecule has 0 saturated heterocycles. The zero-order chi connectivity index (χ0) is 13.4. The molecule has 0 radical (unpaired) electrons. The Balaban J connectivity index is 0.000000770. The topological polar surface area (TPSA) is 66.9 Å². The molecule has 17 heavy (non-hydrogen) atoms. The maximum absolute atomic E-state index is 11.4. The van der Waals surface area contributed by atoms with Crippen LogP contribution in [-0.4, -0.2) is 22.2 Å². The Hall–Kier alpha value is -1.96. The molecular formula is C12H19N3O2. The average molecular weight is 237 g/mol. The van der Waals surface area contributed by atoms with E-state index in [4.69, 9.17) is 6.42 Å². The molecule has 0 spiro atoms. The fraction of sp³-hybridized carbons (Fsp3) is 0.500. The standard InChI is InChI=1S/C9H11N3O2.C3H8/c1-4-5-10-8(13)7-6(2)12(3)11-9(7)14;1-3-2/h1H,5H2,2-3H3,(H,10,13)(H,11,14);3H2,1-2H3. The number of aromatic amines is 1. The first kappa shape index (κ1) is 15.0. The van der Waals surface area contributed by atoms with Crippen LogP contribution in [0.1, 0.15) is 36.3 Å². The van der Waals surface area contributed by atoms with E-state index in [2.05, 4.69) is 30.2 Å². The van der Waals surface area contributed by atoms with Crippen molar-refractivity contribution in [2.24, 2.45) is 7.05 Å². The van der Waals surface area contributed by atoms with Gasteiger partial charge in [-0.25, -0.2) is 0 Å². The van der Waals surface area contributed by atoms with E-state index in [1.54, 1.807) is 14.0 Å². The van der Waals surface area contributed by atoms with Crippen LogP contribution < -0.4 is 10.9 Å². The molecule has 1 aromatic heterocycles. The summed E-state index contributed by atoms with van der Waals surface area (Å²) in [5, 5.41) is 4.92. The molecule has 1 rings (SSSR count). The minimum absolute atomic E-state index is 0.114. The summed E-state index contributed by atoms with van der Waals surface area (Å²) >= 11 is 0. The van der Waals surface area contributed by atoms with E-state index in [-0.39, 0.29) is 12.1 Å². The van der Waals surface area contributed by atoms with E-state index in [0.717, 1.165) is 0 Å². The van der Waals surface area contributed by atoms with Gasteiger partial charge in [0.15, 0.2) is 0 Å². The molecular weight excluding hydrogens is 218 g/mol. The number of aryl methyl sites for hydroxylation is 1. The Bertz CT molecular complexity index is 463. The second kappa shape index (κ2) is 7.34. The van der Waals surface area contributed by atoms with Gasteiger partial charge in [-0.05, 0) is 6.92 Å². The van der Waals surface area contributed by atoms with Crippen LogP contribution in [0.3, 0.4) is 0 Å². The van der Waals surface area contributed by atoms with Crippen LogP contribution in [0.15, 0.2) is 4.79 Å². The normalized spacial score (nSPS) is 8.88. The van der Waals surface area contributed by atoms with Crippen LogP contribution in [0.5, 0.6) is 0 Å². The van der Waals surface area contributed by atoms with Crippen molar-refractivity contribution in [3.8, 4) is 12.3 Å². The molecule has 0 aliphatic carbocycles. The molecule has 5 nitrogen and oxygen atoms in total. The largest absolute Gasteiger partial charge is 0.341 e. The van der Waals surface area contributed by atoms with E-state index in [0.29, 0.717) is 5.69 Å². The van der Waals surface area contributed by atoms with Gasteiger partial charge in [-0.2, -0.15) is 0 Å². The number of nitrogens with zero attached hydrogens (tertiary/aromatic N) is 1. The van der Waals surface area contributed by atoms with Gasteiger partial charge < -0.3 is 5.32 Å². The lowest BCUT2D eigenvalue weighted by atomic mass is 10.2. The zero-order valence-corrected chi connectivity index (χ0v) is 10.8. The van der Waals surface area contributed by atoms with Crippen LogP contribution in [0.25, 0.3) is 0 Å². The van der Waals surface area contributed by atoms with Crippen LogP contribution in [0, 0.1) is 19.3 Å². The van der Waals surface area contributed by atoms with Crippen molar-refractivity contribution in [2.75, 3.05) is 6.54 Å². The Kier molecular flexibility index (Phi) is 6.49. The highest BCUT2D eigenvalue weighted by Gasteiger charge is 2.16. The molecule has 0 aromatic carbocycles. The van der Waals surface area contributed by atoms with Crippen molar-refractivity contribution in [3.63, 3.8) is 0 Å². The first-order chi connectivity index (χ1) is 7.99. The number of nitrogens with one attached hydrogen (secondary N) is 2. The lowest BCUT2D eigenvalue weighted by molar-refractivity contribution is 0.0957. The summed E-state index contributed by atoms with van der Waals surface area (Å²) in [6, 6.07) is 0. The van der Waals surface area contributed by atoms with Gasteiger partial charge in [0.25, 0.3) is 11.5 Å². The third kappa shape index (κ3) is 4.19. The van der Waals surface area contributed by atoms with Crippen molar-refractivity contribution in [3.05, 3.63) is 21.6 Å². The first-order valence-electron chi connectivity index (χ1n) is 5.46. The smallest absolute Gasteiger partial charge is 0.277 e. The molecule has 0 saturated carbocycles. The number of terminal acetylenes is 1. The van der Waals surface area contributed by atoms with Crippen LogP contribution in [0.2, 0.25) is 0 Å². The maximum Gasteiger partial charge on any atom is 0.277 e. The third-order valence-corrected chi connectivity index (χ3v) is 1.94. The fourth-order valence-corrected chi connectivity index (χ4v) is 1.11. The molecule has 1 aromatic rings. The van der Waals surface area contributed by atoms with Gasteiger partial charge in [0.05, 0.1) is 6.54 Å². The van der Waals surface area contributed by atoms with Gasteiger partial charge in [-0.15, -0.1) is 6.42 Å². The molecule has 0 bridgehead atoms. The Morgan fingerprint density at radius 2 is 2.06 bits per heavy atom. The average Bonchev–Trinajstić information content (AvgIpc) is 2.51. The minimum Gasteiger partial charge on any atom is -0.341 e. The summed E-state index contributed by atoms with van der Waals surface area (Å²) < 4.78 is 1.49. The molecule has 0 fully saturated rings. The molecule has 0 aliphatic heterocycles. The number of hydrogen-bond acceptors (Lipinski definition) is 2. The summed E-state index contributed by atoms with van der Waals surface area (Å²) in [7, 11) is 1.66. The van der Waals surface area contributed by atoms with E-state index in [1.165, 1.54) is 11.1 Å². The van der Waals surface area contributed by atoms with Gasteiger partial charge >= 0.3 is 0 Å². The second-order valence-electron chi connectivity index (χ2n) is 3.55. The predicted molar refractivity (Wildman–Crippen MR) is 67.9 cm³/mol. The minimum atomic E-state index is -0.442. The van der Waals surface area contributed by atoms with Gasteiger partial charge in [0.1, 0.15) is 5.56 Å². The SMILES string of the molecule is C#CCNC(=O)c1c(C)n(C)[nH]c1=O.CCC. The number of amides is 1. The van der Waals surface area contributed by atoms with Gasteiger partial charge in [0.2, 0.25) is 0 Å². The van der Waals surface area contributed by atoms with Gasteiger partial charge in [0, 0.05) is 12.7 Å². The summed E-state index contributed by atoms with van der Waals surface area (Å²) in [5.74, 6) is 1.82. The molecule has 0 atom stereocenters. The number of hydrogen-bond donors (Lipinski definition) is 2. The number of rotatable bonds is 2. The quantitative estimate of drug-likeness (QED) is 0.747. The van der Waals surface area contributed by atoms with Gasteiger partial charge in [-0.1, -0.05) is 26.2 Å². The second-order valence-corrected chi connectivity index (χ2v) is 3.55. The van der Waals surface area contributed by atoms with Crippen molar-refractivity contribution < 1.29 is 4.79 Å². The summed E-state index contributed by atoms with van der Waals surface area (Å²) in [5.41, 5.74) is 0.298. The first-order valence-corrected chi connectivity index (χ1v) is 5.46. The number of H-pyrrole nitrogens is 1. The highest BCUT2D eigenvalue weighted by atomic mass is 16.2. The van der Waals surface area contributed by atoms with Crippen molar-refractivity contribution >= 4 is 5.91 Å². The Labute approximate surface area is 101 Å². The lowest BCUT2D eigenvalue weighted by Crippen LogP contribution is -2.28. The molecule has 94 valence electrons. The third-order valence-electron chi connectivity index (χ3n) is 1.94. The summed E-state index contributed by atoms with van der Waals surface area (Å²) in [6.07, 6.45) is 6.23. The Morgan fingerprint density at radius 3 is 2.41 bits per heavy atom. The predicted octanol–water partition coefficient (Wildman–Crippen LogP) is 0.801. The van der Waals surface area contributed by atoms with Crippen LogP contribution >= 0.6 is 0 Å². The van der Waals surface area contributed by atoms with E-state index in [1.807, 2.05) is 0 Å². The zero-order valence-electron chi connectivity index (χ0n) is 10.8. The monoisotopic (exact) mass is 237 g/mol. The summed E-state index contributed by atoms with van der Waals surface area (Å²) in [6.45, 7) is 6.05. The number of aromatic nitrogens is 2. The van der Waals surface area contributed by atoms with Crippen LogP contribution in [-0.2, 0) is 7.05 Å².